The summed E-state index contributed by atoms with van der Waals surface area (Å²) in [7, 11) is 0. The number of aromatic nitrogens is 3. The average molecular weight is 258 g/mol. The normalized spacial score (nSPS) is 14.4. The van der Waals surface area contributed by atoms with Crippen LogP contribution in [0.3, 0.4) is 0 Å². The zero-order valence-corrected chi connectivity index (χ0v) is 12.1. The van der Waals surface area contributed by atoms with Crippen molar-refractivity contribution in [1.29, 1.82) is 0 Å². The van der Waals surface area contributed by atoms with Gasteiger partial charge in [0.1, 0.15) is 11.6 Å². The standard InChI is InChI=1S/C15H22N4/c1-5-14(16)15(13-9-7-6-8-10(13)2)19-12(4)17-11(3)18-19/h6-9,14-15H,5,16H2,1-4H3. The summed E-state index contributed by atoms with van der Waals surface area (Å²) in [4.78, 5) is 4.40. The maximum atomic E-state index is 6.34. The van der Waals surface area contributed by atoms with E-state index in [0.29, 0.717) is 0 Å². The highest BCUT2D eigenvalue weighted by Gasteiger charge is 2.24. The molecule has 0 fully saturated rings. The lowest BCUT2D eigenvalue weighted by molar-refractivity contribution is 0.413. The molecule has 0 saturated heterocycles. The Kier molecular flexibility index (Phi) is 4.00. The van der Waals surface area contributed by atoms with Gasteiger partial charge in [-0.1, -0.05) is 31.2 Å². The van der Waals surface area contributed by atoms with Crippen molar-refractivity contribution in [1.82, 2.24) is 14.8 Å². The second kappa shape index (κ2) is 5.53. The third-order valence-corrected chi connectivity index (χ3v) is 3.56. The molecule has 4 nitrogen and oxygen atoms in total. The third-order valence-electron chi connectivity index (χ3n) is 3.56. The Bertz CT molecular complexity index is 559. The van der Waals surface area contributed by atoms with E-state index in [0.717, 1.165) is 18.1 Å². The highest BCUT2D eigenvalue weighted by molar-refractivity contribution is 5.30. The number of hydrogen-bond donors (Lipinski definition) is 1. The summed E-state index contributed by atoms with van der Waals surface area (Å²) in [5, 5.41) is 4.52. The Morgan fingerprint density at radius 1 is 1.21 bits per heavy atom. The van der Waals surface area contributed by atoms with Gasteiger partial charge in [-0.15, -0.1) is 0 Å². The fraction of sp³-hybridized carbons (Fsp3) is 0.467. The first-order chi connectivity index (χ1) is 9.04. The lowest BCUT2D eigenvalue weighted by Crippen LogP contribution is -2.34. The summed E-state index contributed by atoms with van der Waals surface area (Å²) >= 11 is 0. The Balaban J connectivity index is 2.54. The topological polar surface area (TPSA) is 56.7 Å². The van der Waals surface area contributed by atoms with Gasteiger partial charge in [0.05, 0.1) is 6.04 Å². The van der Waals surface area contributed by atoms with Gasteiger partial charge in [-0.3, -0.25) is 0 Å². The van der Waals surface area contributed by atoms with E-state index in [9.17, 15) is 0 Å². The lowest BCUT2D eigenvalue weighted by Gasteiger charge is -2.26. The van der Waals surface area contributed by atoms with Gasteiger partial charge in [0, 0.05) is 6.04 Å². The van der Waals surface area contributed by atoms with E-state index in [1.807, 2.05) is 24.6 Å². The van der Waals surface area contributed by atoms with Crippen molar-refractivity contribution in [2.45, 2.75) is 46.2 Å². The highest BCUT2D eigenvalue weighted by atomic mass is 15.4. The highest BCUT2D eigenvalue weighted by Crippen LogP contribution is 2.26. The molecule has 0 bridgehead atoms. The molecule has 0 spiro atoms. The van der Waals surface area contributed by atoms with Gasteiger partial charge < -0.3 is 5.73 Å². The van der Waals surface area contributed by atoms with E-state index in [2.05, 4.69) is 42.1 Å². The zero-order chi connectivity index (χ0) is 14.0. The molecule has 2 N–H and O–H groups in total. The number of nitrogens with zero attached hydrogens (tertiary/aromatic N) is 3. The second-order valence-corrected chi connectivity index (χ2v) is 5.02. The maximum Gasteiger partial charge on any atom is 0.147 e. The van der Waals surface area contributed by atoms with Gasteiger partial charge in [-0.25, -0.2) is 9.67 Å². The predicted molar refractivity (Wildman–Crippen MR) is 77.1 cm³/mol. The van der Waals surface area contributed by atoms with Crippen molar-refractivity contribution in [2.75, 3.05) is 0 Å². The molecule has 2 rings (SSSR count). The molecular formula is C15H22N4. The van der Waals surface area contributed by atoms with E-state index in [-0.39, 0.29) is 12.1 Å². The van der Waals surface area contributed by atoms with Gasteiger partial charge >= 0.3 is 0 Å². The van der Waals surface area contributed by atoms with Crippen LogP contribution in [-0.2, 0) is 0 Å². The monoisotopic (exact) mass is 258 g/mol. The molecule has 4 heteroatoms. The molecule has 0 radical (unpaired) electrons. The van der Waals surface area contributed by atoms with Crippen LogP contribution in [0.1, 0.15) is 42.2 Å². The van der Waals surface area contributed by atoms with Crippen molar-refractivity contribution < 1.29 is 0 Å². The first-order valence-corrected chi connectivity index (χ1v) is 6.75. The molecule has 1 heterocycles. The van der Waals surface area contributed by atoms with Crippen molar-refractivity contribution in [3.63, 3.8) is 0 Å². The molecule has 0 amide bonds. The van der Waals surface area contributed by atoms with Crippen LogP contribution in [-0.4, -0.2) is 20.8 Å². The molecule has 102 valence electrons. The van der Waals surface area contributed by atoms with Crippen LogP contribution in [0.4, 0.5) is 0 Å². The van der Waals surface area contributed by atoms with Crippen LogP contribution >= 0.6 is 0 Å². The summed E-state index contributed by atoms with van der Waals surface area (Å²) in [6.07, 6.45) is 0.900. The van der Waals surface area contributed by atoms with Gasteiger partial charge in [0.15, 0.2) is 0 Å². The summed E-state index contributed by atoms with van der Waals surface area (Å²) in [5.41, 5.74) is 8.81. The molecule has 0 aliphatic rings. The van der Waals surface area contributed by atoms with E-state index < -0.39 is 0 Å². The van der Waals surface area contributed by atoms with Crippen LogP contribution in [0, 0.1) is 20.8 Å². The van der Waals surface area contributed by atoms with Gasteiger partial charge in [0.25, 0.3) is 0 Å². The quantitative estimate of drug-likeness (QED) is 0.916. The molecule has 0 aliphatic heterocycles. The van der Waals surface area contributed by atoms with Crippen molar-refractivity contribution in [3.8, 4) is 0 Å². The van der Waals surface area contributed by atoms with Crippen molar-refractivity contribution >= 4 is 0 Å². The minimum absolute atomic E-state index is 0.0286. The Hall–Kier alpha value is -1.68. The van der Waals surface area contributed by atoms with Crippen molar-refractivity contribution in [2.24, 2.45) is 5.73 Å². The molecule has 1 aromatic carbocycles. The zero-order valence-electron chi connectivity index (χ0n) is 12.1. The lowest BCUT2D eigenvalue weighted by atomic mass is 9.94. The van der Waals surface area contributed by atoms with Crippen LogP contribution in [0.5, 0.6) is 0 Å². The van der Waals surface area contributed by atoms with Gasteiger partial charge in [-0.05, 0) is 38.3 Å². The summed E-state index contributed by atoms with van der Waals surface area (Å²) < 4.78 is 1.96. The second-order valence-electron chi connectivity index (χ2n) is 5.02. The maximum absolute atomic E-state index is 6.34. The summed E-state index contributed by atoms with van der Waals surface area (Å²) in [6, 6.07) is 8.42. The molecular weight excluding hydrogens is 236 g/mol. The summed E-state index contributed by atoms with van der Waals surface area (Å²) in [5.74, 6) is 1.70. The van der Waals surface area contributed by atoms with Crippen LogP contribution < -0.4 is 5.73 Å². The van der Waals surface area contributed by atoms with E-state index in [4.69, 9.17) is 5.73 Å². The number of nitrogens with two attached hydrogens (primary N) is 1. The number of aryl methyl sites for hydroxylation is 3. The Morgan fingerprint density at radius 3 is 2.42 bits per heavy atom. The Labute approximate surface area is 114 Å². The molecule has 2 aromatic rings. The average Bonchev–Trinajstić information content (AvgIpc) is 2.71. The molecule has 0 aliphatic carbocycles. The number of benzene rings is 1. The first kappa shape index (κ1) is 13.7. The summed E-state index contributed by atoms with van der Waals surface area (Å²) in [6.45, 7) is 8.11. The fourth-order valence-corrected chi connectivity index (χ4v) is 2.49. The largest absolute Gasteiger partial charge is 0.326 e. The van der Waals surface area contributed by atoms with E-state index >= 15 is 0 Å². The minimum Gasteiger partial charge on any atom is -0.326 e. The fourth-order valence-electron chi connectivity index (χ4n) is 2.49. The SMILES string of the molecule is CCC(N)C(c1ccccc1C)n1nc(C)nc1C. The van der Waals surface area contributed by atoms with Crippen molar-refractivity contribution in [3.05, 3.63) is 47.0 Å². The minimum atomic E-state index is 0.0286. The number of rotatable bonds is 4. The molecule has 19 heavy (non-hydrogen) atoms. The molecule has 1 aromatic heterocycles. The van der Waals surface area contributed by atoms with E-state index in [1.54, 1.807) is 0 Å². The van der Waals surface area contributed by atoms with E-state index in [1.165, 1.54) is 11.1 Å². The van der Waals surface area contributed by atoms with Gasteiger partial charge in [-0.2, -0.15) is 5.10 Å². The smallest absolute Gasteiger partial charge is 0.147 e. The Morgan fingerprint density at radius 2 is 1.89 bits per heavy atom. The van der Waals surface area contributed by atoms with Gasteiger partial charge in [0.2, 0.25) is 0 Å². The van der Waals surface area contributed by atoms with Crippen LogP contribution in [0.2, 0.25) is 0 Å². The first-order valence-electron chi connectivity index (χ1n) is 6.75. The molecule has 2 atom stereocenters. The van der Waals surface area contributed by atoms with Crippen LogP contribution in [0.15, 0.2) is 24.3 Å². The third kappa shape index (κ3) is 2.68. The predicted octanol–water partition coefficient (Wildman–Crippen LogP) is 2.53. The molecule has 2 unspecified atom stereocenters. The van der Waals surface area contributed by atoms with Crippen LogP contribution in [0.25, 0.3) is 0 Å². The molecule has 0 saturated carbocycles. The number of hydrogen-bond acceptors (Lipinski definition) is 3.